The summed E-state index contributed by atoms with van der Waals surface area (Å²) in [4.78, 5) is 6.85. The maximum Gasteiger partial charge on any atom is 0.229 e. The van der Waals surface area contributed by atoms with Gasteiger partial charge in [0.05, 0.1) is 23.9 Å². The fourth-order valence-electron chi connectivity index (χ4n) is 3.92. The molecule has 1 saturated heterocycles. The van der Waals surface area contributed by atoms with E-state index >= 15 is 0 Å². The van der Waals surface area contributed by atoms with Crippen LogP contribution in [-0.2, 0) is 16.4 Å². The van der Waals surface area contributed by atoms with E-state index in [0.29, 0.717) is 18.2 Å². The summed E-state index contributed by atoms with van der Waals surface area (Å²) < 4.78 is 25.6. The summed E-state index contributed by atoms with van der Waals surface area (Å²) in [5.41, 5.74) is 4.54. The van der Waals surface area contributed by atoms with Crippen LogP contribution in [0.25, 0.3) is 0 Å². The van der Waals surface area contributed by atoms with Crippen molar-refractivity contribution in [3.63, 3.8) is 0 Å². The number of nitrogens with one attached hydrogen (secondary N) is 1. The van der Waals surface area contributed by atoms with Crippen molar-refractivity contribution < 1.29 is 8.42 Å². The van der Waals surface area contributed by atoms with E-state index in [9.17, 15) is 8.42 Å². The molecular weight excluding hydrogens is 422 g/mol. The predicted octanol–water partition coefficient (Wildman–Crippen LogP) is 3.68. The van der Waals surface area contributed by atoms with Crippen molar-refractivity contribution in [2.45, 2.75) is 25.2 Å². The van der Waals surface area contributed by atoms with E-state index in [1.807, 2.05) is 36.4 Å². The monoisotopic (exact) mass is 453 g/mol. The lowest BCUT2D eigenvalue weighted by atomic mass is 9.89. The maximum absolute atomic E-state index is 11.5. The first-order valence-corrected chi connectivity index (χ1v) is 12.6. The molecule has 0 atom stereocenters. The lowest BCUT2D eigenvalue weighted by Crippen LogP contribution is -2.37. The van der Waals surface area contributed by atoms with Crippen LogP contribution >= 0.6 is 0 Å². The van der Waals surface area contributed by atoms with Gasteiger partial charge >= 0.3 is 0 Å². The van der Waals surface area contributed by atoms with Gasteiger partial charge in [-0.05, 0) is 73.7 Å². The Bertz CT molecular complexity index is 1090. The molecule has 170 valence electrons. The molecule has 1 heterocycles. The minimum Gasteiger partial charge on any atom is -0.323 e. The third-order valence-corrected chi connectivity index (χ3v) is 6.06. The second-order valence-electron chi connectivity index (χ2n) is 8.09. The Morgan fingerprint density at radius 3 is 2.66 bits per heavy atom. The number of likely N-dealkylation sites (tertiary alicyclic amines) is 1. The summed E-state index contributed by atoms with van der Waals surface area (Å²) in [5, 5.41) is 3.92. The summed E-state index contributed by atoms with van der Waals surface area (Å²) in [7, 11) is -3.28. The molecule has 0 amide bonds. The van der Waals surface area contributed by atoms with E-state index in [0.717, 1.165) is 55.6 Å². The van der Waals surface area contributed by atoms with Gasteiger partial charge in [-0.3, -0.25) is 14.6 Å². The molecule has 1 aliphatic heterocycles. The Morgan fingerprint density at radius 2 is 1.97 bits per heavy atom. The van der Waals surface area contributed by atoms with Gasteiger partial charge in [0.15, 0.2) is 0 Å². The van der Waals surface area contributed by atoms with Crippen molar-refractivity contribution in [3.05, 3.63) is 72.3 Å². The van der Waals surface area contributed by atoms with Crippen LogP contribution < -0.4 is 10.6 Å². The van der Waals surface area contributed by atoms with E-state index in [4.69, 9.17) is 5.84 Å². The molecule has 0 spiro atoms. The Kier molecular flexibility index (Phi) is 8.19. The first-order chi connectivity index (χ1) is 15.4. The maximum atomic E-state index is 11.5. The number of nitrogens with two attached hydrogens (primary N) is 1. The van der Waals surface area contributed by atoms with Gasteiger partial charge in [0, 0.05) is 12.2 Å². The van der Waals surface area contributed by atoms with Gasteiger partial charge in [0.25, 0.3) is 0 Å². The van der Waals surface area contributed by atoms with Gasteiger partial charge in [0.2, 0.25) is 10.0 Å². The number of allylic oxidation sites excluding steroid dienone is 1. The highest BCUT2D eigenvalue weighted by Crippen LogP contribution is 2.29. The molecule has 32 heavy (non-hydrogen) atoms. The van der Waals surface area contributed by atoms with Crippen LogP contribution in [0.1, 0.15) is 29.9 Å². The fourth-order valence-corrected chi connectivity index (χ4v) is 4.47. The number of anilines is 1. The molecule has 0 aliphatic carbocycles. The first kappa shape index (κ1) is 23.7. The zero-order valence-corrected chi connectivity index (χ0v) is 19.3. The van der Waals surface area contributed by atoms with E-state index in [1.165, 1.54) is 5.56 Å². The fraction of sp³-hybridized carbons (Fsp3) is 0.333. The molecule has 0 unspecified atom stereocenters. The topological polar surface area (TPSA) is 100 Å². The number of rotatable bonds is 9. The van der Waals surface area contributed by atoms with Crippen LogP contribution in [-0.4, -0.2) is 51.1 Å². The molecule has 0 saturated carbocycles. The van der Waals surface area contributed by atoms with Crippen LogP contribution in [0.15, 0.2) is 71.3 Å². The molecule has 3 N–H and O–H groups in total. The number of hydrogen-bond acceptors (Lipinski definition) is 6. The Balaban J connectivity index is 1.55. The Labute approximate surface area is 190 Å². The van der Waals surface area contributed by atoms with Gasteiger partial charge in [-0.25, -0.2) is 8.42 Å². The SMILES string of the molecule is C=CCc1cccc(N=CC(CN2CCC(c3cccc(NS(C)(=O)=O)c3)CC2)=NN)c1. The number of hydrazone groups is 1. The highest BCUT2D eigenvalue weighted by atomic mass is 32.2. The standard InChI is InChI=1S/C24H31N5O2S/c1-3-6-19-7-4-9-22(15-19)26-17-24(27-25)18-29-13-11-20(12-14-29)21-8-5-10-23(16-21)28-32(2,30)31/h3-5,7-10,15-17,20,28H,1,6,11-14,18,25H2,2H3. The van der Waals surface area contributed by atoms with Crippen molar-refractivity contribution in [1.29, 1.82) is 0 Å². The summed E-state index contributed by atoms with van der Waals surface area (Å²) in [6, 6.07) is 15.7. The van der Waals surface area contributed by atoms with Gasteiger partial charge in [-0.2, -0.15) is 5.10 Å². The number of piperidine rings is 1. The van der Waals surface area contributed by atoms with Crippen LogP contribution in [0.3, 0.4) is 0 Å². The Morgan fingerprint density at radius 1 is 1.22 bits per heavy atom. The van der Waals surface area contributed by atoms with Crippen LogP contribution in [0, 0.1) is 0 Å². The summed E-state index contributed by atoms with van der Waals surface area (Å²) in [6.45, 7) is 6.25. The lowest BCUT2D eigenvalue weighted by molar-refractivity contribution is 0.239. The third-order valence-electron chi connectivity index (χ3n) is 5.45. The predicted molar refractivity (Wildman–Crippen MR) is 133 cm³/mol. The third kappa shape index (κ3) is 7.32. The lowest BCUT2D eigenvalue weighted by Gasteiger charge is -2.32. The molecule has 1 aliphatic rings. The van der Waals surface area contributed by atoms with E-state index in [1.54, 1.807) is 12.3 Å². The largest absolute Gasteiger partial charge is 0.323 e. The van der Waals surface area contributed by atoms with Crippen molar-refractivity contribution in [1.82, 2.24) is 4.90 Å². The zero-order valence-electron chi connectivity index (χ0n) is 18.4. The van der Waals surface area contributed by atoms with Gasteiger partial charge in [-0.15, -0.1) is 6.58 Å². The number of aliphatic imine (C=N–C) groups is 1. The highest BCUT2D eigenvalue weighted by Gasteiger charge is 2.21. The van der Waals surface area contributed by atoms with E-state index < -0.39 is 10.0 Å². The van der Waals surface area contributed by atoms with Gasteiger partial charge in [0.1, 0.15) is 0 Å². The smallest absolute Gasteiger partial charge is 0.229 e. The molecule has 0 bridgehead atoms. The summed E-state index contributed by atoms with van der Waals surface area (Å²) >= 11 is 0. The Hall–Kier alpha value is -2.97. The molecule has 7 nitrogen and oxygen atoms in total. The van der Waals surface area contributed by atoms with Gasteiger partial charge in [-0.1, -0.05) is 30.3 Å². The van der Waals surface area contributed by atoms with Crippen molar-refractivity contribution in [3.8, 4) is 0 Å². The minimum atomic E-state index is -3.28. The number of hydrogen-bond donors (Lipinski definition) is 2. The molecular formula is C24H31N5O2S. The first-order valence-electron chi connectivity index (χ1n) is 10.7. The van der Waals surface area contributed by atoms with Crippen LogP contribution in [0.2, 0.25) is 0 Å². The normalized spacial score (nSPS) is 16.3. The number of benzene rings is 2. The summed E-state index contributed by atoms with van der Waals surface area (Å²) in [6.07, 6.45) is 7.55. The van der Waals surface area contributed by atoms with Crippen molar-refractivity contribution in [2.75, 3.05) is 30.6 Å². The average Bonchev–Trinajstić information content (AvgIpc) is 2.76. The number of nitrogens with zero attached hydrogens (tertiary/aromatic N) is 3. The average molecular weight is 454 g/mol. The molecule has 2 aromatic rings. The van der Waals surface area contributed by atoms with E-state index in [-0.39, 0.29) is 0 Å². The molecule has 0 aromatic heterocycles. The zero-order chi connectivity index (χ0) is 23.0. The minimum absolute atomic E-state index is 0.395. The molecule has 0 radical (unpaired) electrons. The van der Waals surface area contributed by atoms with Gasteiger partial charge < -0.3 is 5.84 Å². The molecule has 3 rings (SSSR count). The van der Waals surface area contributed by atoms with Crippen molar-refractivity contribution >= 4 is 33.3 Å². The quantitative estimate of drug-likeness (QED) is 0.262. The van der Waals surface area contributed by atoms with Crippen molar-refractivity contribution in [2.24, 2.45) is 15.9 Å². The molecule has 1 fully saturated rings. The van der Waals surface area contributed by atoms with Crippen LogP contribution in [0.4, 0.5) is 11.4 Å². The highest BCUT2D eigenvalue weighted by molar-refractivity contribution is 7.92. The molecule has 8 heteroatoms. The molecule has 2 aromatic carbocycles. The second-order valence-corrected chi connectivity index (χ2v) is 9.84. The number of sulfonamides is 1. The second kappa shape index (κ2) is 11.1. The summed E-state index contributed by atoms with van der Waals surface area (Å²) in [5.74, 6) is 6.01. The van der Waals surface area contributed by atoms with E-state index in [2.05, 4.69) is 38.4 Å². The van der Waals surface area contributed by atoms with Crippen LogP contribution in [0.5, 0.6) is 0 Å².